The predicted molar refractivity (Wildman–Crippen MR) is 140 cm³/mol. The molecule has 2 amide bonds. The van der Waals surface area contributed by atoms with Crippen LogP contribution in [0.3, 0.4) is 0 Å². The largest absolute Gasteiger partial charge is 0.463 e. The van der Waals surface area contributed by atoms with Gasteiger partial charge < -0.3 is 53.6 Å². The Kier molecular flexibility index (Phi) is 13.4. The Morgan fingerprint density at radius 1 is 0.568 bits per heavy atom. The van der Waals surface area contributed by atoms with Crippen molar-refractivity contribution in [3.05, 3.63) is 0 Å². The number of carbonyl (C=O) groups excluding carboxylic acids is 7. The van der Waals surface area contributed by atoms with Crippen LogP contribution in [0.1, 0.15) is 48.5 Å². The van der Waals surface area contributed by atoms with Gasteiger partial charge in [-0.25, -0.2) is 0 Å². The molecule has 18 nitrogen and oxygen atoms in total. The van der Waals surface area contributed by atoms with E-state index in [-0.39, 0.29) is 0 Å². The molecule has 44 heavy (non-hydrogen) atoms. The highest BCUT2D eigenvalue weighted by Gasteiger charge is 2.55. The van der Waals surface area contributed by atoms with Crippen LogP contribution >= 0.6 is 0 Å². The van der Waals surface area contributed by atoms with Gasteiger partial charge in [0.2, 0.25) is 11.8 Å². The molecule has 0 aromatic heterocycles. The Hall–Kier alpha value is -3.87. The van der Waals surface area contributed by atoms with Gasteiger partial charge in [-0.1, -0.05) is 0 Å². The molecule has 0 aromatic carbocycles. The van der Waals surface area contributed by atoms with Gasteiger partial charge in [0.05, 0.1) is 0 Å². The van der Waals surface area contributed by atoms with Crippen LogP contribution < -0.4 is 10.6 Å². The van der Waals surface area contributed by atoms with Crippen LogP contribution in [-0.2, 0) is 71.5 Å². The van der Waals surface area contributed by atoms with E-state index in [0.29, 0.717) is 0 Å². The smallest absolute Gasteiger partial charge is 0.303 e. The van der Waals surface area contributed by atoms with E-state index in [1.807, 2.05) is 0 Å². The lowest BCUT2D eigenvalue weighted by atomic mass is 9.94. The van der Waals surface area contributed by atoms with E-state index in [0.717, 1.165) is 48.5 Å². The average Bonchev–Trinajstić information content (AvgIpc) is 2.87. The predicted octanol–water partition coefficient (Wildman–Crippen LogP) is -2.26. The summed E-state index contributed by atoms with van der Waals surface area (Å²) in [5.74, 6) is -5.31. The molecule has 2 heterocycles. The minimum absolute atomic E-state index is 0.531. The number of esters is 5. The van der Waals surface area contributed by atoms with Gasteiger partial charge in [-0.15, -0.1) is 0 Å². The Labute approximate surface area is 252 Å². The van der Waals surface area contributed by atoms with Crippen molar-refractivity contribution in [1.29, 1.82) is 0 Å². The van der Waals surface area contributed by atoms with Gasteiger partial charge in [0, 0.05) is 48.5 Å². The number of hydrogen-bond donors (Lipinski definition) is 3. The summed E-state index contributed by atoms with van der Waals surface area (Å²) >= 11 is 0. The minimum atomic E-state index is -1.78. The van der Waals surface area contributed by atoms with Gasteiger partial charge in [0.15, 0.2) is 30.9 Å². The van der Waals surface area contributed by atoms with E-state index in [1.54, 1.807) is 0 Å². The van der Waals surface area contributed by atoms with E-state index in [1.165, 1.54) is 0 Å². The number of hydrogen-bond acceptors (Lipinski definition) is 16. The van der Waals surface area contributed by atoms with E-state index >= 15 is 0 Å². The second-order valence-corrected chi connectivity index (χ2v) is 9.99. The highest BCUT2D eigenvalue weighted by atomic mass is 16.7. The lowest BCUT2D eigenvalue weighted by Crippen LogP contribution is -2.70. The summed E-state index contributed by atoms with van der Waals surface area (Å²) in [4.78, 5) is 83.8. The summed E-state index contributed by atoms with van der Waals surface area (Å²) in [5, 5.41) is 15.6. The van der Waals surface area contributed by atoms with E-state index in [4.69, 9.17) is 37.9 Å². The van der Waals surface area contributed by atoms with Crippen LogP contribution in [0.2, 0.25) is 0 Å². The number of ether oxygens (including phenoxy) is 8. The van der Waals surface area contributed by atoms with Gasteiger partial charge in [-0.05, 0) is 0 Å². The monoisotopic (exact) mass is 634 g/mol. The van der Waals surface area contributed by atoms with Gasteiger partial charge in [-0.2, -0.15) is 0 Å². The van der Waals surface area contributed by atoms with E-state index in [9.17, 15) is 38.7 Å². The number of nitrogens with one attached hydrogen (secondary N) is 2. The van der Waals surface area contributed by atoms with Crippen molar-refractivity contribution in [2.75, 3.05) is 13.2 Å². The zero-order valence-corrected chi connectivity index (χ0v) is 25.3. The van der Waals surface area contributed by atoms with Crippen LogP contribution in [0.15, 0.2) is 0 Å². The van der Waals surface area contributed by atoms with Crippen molar-refractivity contribution in [1.82, 2.24) is 10.6 Å². The SMILES string of the molecule is CC(=O)N[C@@H]1[C@@H](OC(C)=O)[C@@H](O[C@@H]2O[C@H](COC(C)=O)[C@@H](OC(C)=O)[C@H](OC(C)=O)[C@H]2NC(C)=O)[C@@H](COC(C)=O)O[C@@H]1O. The third kappa shape index (κ3) is 10.7. The molecule has 0 saturated carbocycles. The first-order valence-electron chi connectivity index (χ1n) is 13.5. The number of amides is 2. The molecule has 2 fully saturated rings. The fourth-order valence-electron chi connectivity index (χ4n) is 4.70. The Balaban J connectivity index is 2.66. The number of rotatable bonds is 11. The second-order valence-electron chi connectivity index (χ2n) is 9.99. The van der Waals surface area contributed by atoms with Gasteiger partial charge in [0.1, 0.15) is 43.6 Å². The lowest BCUT2D eigenvalue weighted by molar-refractivity contribution is -0.330. The van der Waals surface area contributed by atoms with Crippen LogP contribution in [0.25, 0.3) is 0 Å². The first-order chi connectivity index (χ1) is 20.5. The molecule has 0 radical (unpaired) electrons. The highest BCUT2D eigenvalue weighted by Crippen LogP contribution is 2.33. The molecular formula is C26H38N2O16. The molecule has 18 heteroatoms. The van der Waals surface area contributed by atoms with E-state index < -0.39 is 116 Å². The van der Waals surface area contributed by atoms with Crippen molar-refractivity contribution < 1.29 is 76.6 Å². The highest BCUT2D eigenvalue weighted by molar-refractivity contribution is 5.74. The average molecular weight is 635 g/mol. The van der Waals surface area contributed by atoms with Crippen LogP contribution in [-0.4, -0.2) is 121 Å². The minimum Gasteiger partial charge on any atom is -0.463 e. The van der Waals surface area contributed by atoms with Crippen LogP contribution in [0.5, 0.6) is 0 Å². The van der Waals surface area contributed by atoms with Gasteiger partial charge >= 0.3 is 29.8 Å². The zero-order chi connectivity index (χ0) is 33.3. The Morgan fingerprint density at radius 3 is 1.41 bits per heavy atom. The maximum absolute atomic E-state index is 12.3. The molecule has 248 valence electrons. The normalized spacial score (nSPS) is 31.5. The Bertz CT molecular complexity index is 1100. The summed E-state index contributed by atoms with van der Waals surface area (Å²) < 4.78 is 44.2. The van der Waals surface area contributed by atoms with Crippen molar-refractivity contribution in [3.8, 4) is 0 Å². The van der Waals surface area contributed by atoms with Crippen molar-refractivity contribution >= 4 is 41.7 Å². The summed E-state index contributed by atoms with van der Waals surface area (Å²) in [6, 6.07) is -2.83. The quantitative estimate of drug-likeness (QED) is 0.161. The molecule has 10 atom stereocenters. The zero-order valence-electron chi connectivity index (χ0n) is 25.3. The fraction of sp³-hybridized carbons (Fsp3) is 0.731. The maximum Gasteiger partial charge on any atom is 0.303 e. The first kappa shape index (κ1) is 36.3. The van der Waals surface area contributed by atoms with Crippen LogP contribution in [0, 0.1) is 0 Å². The molecule has 2 saturated heterocycles. The molecule has 2 aliphatic rings. The molecule has 0 aliphatic carbocycles. The summed E-state index contributed by atoms with van der Waals surface area (Å²) in [5.41, 5.74) is 0. The molecule has 0 bridgehead atoms. The lowest BCUT2D eigenvalue weighted by Gasteiger charge is -2.49. The summed E-state index contributed by atoms with van der Waals surface area (Å²) in [7, 11) is 0. The van der Waals surface area contributed by atoms with Crippen molar-refractivity contribution in [2.24, 2.45) is 0 Å². The molecule has 0 spiro atoms. The molecule has 0 aromatic rings. The number of aliphatic hydroxyl groups excluding tert-OH is 1. The van der Waals surface area contributed by atoms with E-state index in [2.05, 4.69) is 10.6 Å². The standard InChI is InChI=1S/C26H38N2O16/c1-10(29)27-19-23(40-15(6)34)22(17(42-25(19)36)8-37-12(3)31)44-26-20(28-11(2)30)24(41-16(7)35)21(39-14(5)33)18(43-26)9-38-13(4)32/h17-26,36H,8-9H2,1-7H3,(H,27,29)(H,28,30)/t17-,18-,19-,20-,21-,22+,23-,24-,25+,26+/m1/s1. The number of aliphatic hydroxyl groups is 1. The molecular weight excluding hydrogens is 596 g/mol. The topological polar surface area (TPSA) is 238 Å². The molecule has 3 N–H and O–H groups in total. The summed E-state index contributed by atoms with van der Waals surface area (Å²) in [6.07, 6.45) is -12.1. The van der Waals surface area contributed by atoms with Crippen molar-refractivity contribution in [2.45, 2.75) is 110 Å². The molecule has 2 rings (SSSR count). The second kappa shape index (κ2) is 16.3. The number of carbonyl (C=O) groups is 7. The van der Waals surface area contributed by atoms with Crippen molar-refractivity contribution in [3.63, 3.8) is 0 Å². The van der Waals surface area contributed by atoms with Crippen LogP contribution in [0.4, 0.5) is 0 Å². The Morgan fingerprint density at radius 2 is 0.977 bits per heavy atom. The maximum atomic E-state index is 12.3. The molecule has 2 aliphatic heterocycles. The summed E-state index contributed by atoms with van der Waals surface area (Å²) in [6.45, 7) is 6.58. The third-order valence-corrected chi connectivity index (χ3v) is 6.15. The third-order valence-electron chi connectivity index (χ3n) is 6.15. The molecule has 0 unspecified atom stereocenters. The fourth-order valence-corrected chi connectivity index (χ4v) is 4.70. The first-order valence-corrected chi connectivity index (χ1v) is 13.5. The van der Waals surface area contributed by atoms with Gasteiger partial charge in [0.25, 0.3) is 0 Å². The van der Waals surface area contributed by atoms with Gasteiger partial charge in [-0.3, -0.25) is 33.6 Å².